The lowest BCUT2D eigenvalue weighted by atomic mass is 10.2. The van der Waals surface area contributed by atoms with Gasteiger partial charge in [0, 0.05) is 22.4 Å². The number of nitriles is 1. The molecule has 0 saturated heterocycles. The number of rotatable bonds is 4. The predicted octanol–water partition coefficient (Wildman–Crippen LogP) is 4.50. The molecule has 3 heteroatoms. The van der Waals surface area contributed by atoms with Crippen LogP contribution in [0.3, 0.4) is 0 Å². The molecule has 0 saturated carbocycles. The van der Waals surface area contributed by atoms with Crippen molar-refractivity contribution in [2.24, 2.45) is 0 Å². The molecule has 2 aromatic carbocycles. The zero-order valence-electron chi connectivity index (χ0n) is 9.88. The highest BCUT2D eigenvalue weighted by Gasteiger charge is 2.08. The van der Waals surface area contributed by atoms with E-state index in [0.29, 0.717) is 13.0 Å². The van der Waals surface area contributed by atoms with Gasteiger partial charge in [0.15, 0.2) is 0 Å². The molecule has 0 N–H and O–H groups in total. The number of nitrogens with zero attached hydrogens (tertiary/aromatic N) is 2. The van der Waals surface area contributed by atoms with E-state index in [1.807, 2.05) is 30.3 Å². The van der Waals surface area contributed by atoms with E-state index in [-0.39, 0.29) is 0 Å². The van der Waals surface area contributed by atoms with Crippen molar-refractivity contribution in [1.29, 1.82) is 5.26 Å². The summed E-state index contributed by atoms with van der Waals surface area (Å²) in [6, 6.07) is 20.4. The molecular weight excluding hydrogens is 288 g/mol. The molecule has 0 aliphatic carbocycles. The molecule has 0 atom stereocenters. The highest BCUT2D eigenvalue weighted by atomic mass is 79.9. The van der Waals surface area contributed by atoms with Crippen molar-refractivity contribution in [2.75, 3.05) is 11.4 Å². The first-order chi connectivity index (χ1) is 8.81. The van der Waals surface area contributed by atoms with Gasteiger partial charge in [0.1, 0.15) is 0 Å². The molecule has 0 spiro atoms. The number of halogens is 1. The monoisotopic (exact) mass is 300 g/mol. The molecule has 0 amide bonds. The van der Waals surface area contributed by atoms with E-state index in [2.05, 4.69) is 51.2 Å². The minimum absolute atomic E-state index is 0.501. The number of anilines is 2. The lowest BCUT2D eigenvalue weighted by Crippen LogP contribution is -2.17. The quantitative estimate of drug-likeness (QED) is 0.831. The molecule has 0 fully saturated rings. The summed E-state index contributed by atoms with van der Waals surface area (Å²) in [5.41, 5.74) is 2.19. The van der Waals surface area contributed by atoms with E-state index in [1.165, 1.54) is 0 Å². The van der Waals surface area contributed by atoms with Crippen molar-refractivity contribution < 1.29 is 0 Å². The Bertz CT molecular complexity index is 546. The third-order valence-corrected chi connectivity index (χ3v) is 3.13. The SMILES string of the molecule is N#CCCN(c1ccccc1)c1cccc(Br)c1. The van der Waals surface area contributed by atoms with Gasteiger partial charge in [0.05, 0.1) is 12.5 Å². The van der Waals surface area contributed by atoms with E-state index >= 15 is 0 Å². The van der Waals surface area contributed by atoms with Crippen LogP contribution in [0.25, 0.3) is 0 Å². The van der Waals surface area contributed by atoms with Crippen LogP contribution in [-0.2, 0) is 0 Å². The Labute approximate surface area is 116 Å². The maximum atomic E-state index is 8.78. The molecule has 0 aliphatic heterocycles. The third-order valence-electron chi connectivity index (χ3n) is 2.63. The number of para-hydroxylation sites is 1. The molecule has 0 heterocycles. The summed E-state index contributed by atoms with van der Waals surface area (Å²) in [6.07, 6.45) is 0.501. The van der Waals surface area contributed by atoms with Crippen molar-refractivity contribution in [3.8, 4) is 6.07 Å². The Balaban J connectivity index is 2.34. The molecule has 2 nitrogen and oxygen atoms in total. The van der Waals surface area contributed by atoms with E-state index in [1.54, 1.807) is 0 Å². The second kappa shape index (κ2) is 6.23. The van der Waals surface area contributed by atoms with E-state index in [0.717, 1.165) is 15.8 Å². The Morgan fingerprint density at radius 3 is 2.39 bits per heavy atom. The highest BCUT2D eigenvalue weighted by Crippen LogP contribution is 2.27. The first kappa shape index (κ1) is 12.7. The van der Waals surface area contributed by atoms with Gasteiger partial charge in [-0.05, 0) is 30.3 Å². The summed E-state index contributed by atoms with van der Waals surface area (Å²) in [7, 11) is 0. The van der Waals surface area contributed by atoms with Crippen LogP contribution < -0.4 is 4.90 Å². The van der Waals surface area contributed by atoms with Gasteiger partial charge in [0.25, 0.3) is 0 Å². The van der Waals surface area contributed by atoms with Crippen LogP contribution in [0.2, 0.25) is 0 Å². The molecule has 2 rings (SSSR count). The summed E-state index contributed by atoms with van der Waals surface area (Å²) in [4.78, 5) is 2.15. The van der Waals surface area contributed by atoms with Crippen LogP contribution in [0.4, 0.5) is 11.4 Å². The fourth-order valence-corrected chi connectivity index (χ4v) is 2.21. The number of hydrogen-bond donors (Lipinski definition) is 0. The second-order valence-electron chi connectivity index (χ2n) is 3.88. The molecule has 2 aromatic rings. The minimum Gasteiger partial charge on any atom is -0.340 e. The predicted molar refractivity (Wildman–Crippen MR) is 77.8 cm³/mol. The van der Waals surface area contributed by atoms with E-state index in [9.17, 15) is 0 Å². The van der Waals surface area contributed by atoms with Gasteiger partial charge in [-0.15, -0.1) is 0 Å². The topological polar surface area (TPSA) is 27.0 Å². The third kappa shape index (κ3) is 3.12. The first-order valence-corrected chi connectivity index (χ1v) is 6.55. The van der Waals surface area contributed by atoms with Crippen molar-refractivity contribution in [3.63, 3.8) is 0 Å². The molecule has 0 bridgehead atoms. The summed E-state index contributed by atoms with van der Waals surface area (Å²) >= 11 is 3.48. The van der Waals surface area contributed by atoms with E-state index < -0.39 is 0 Å². The van der Waals surface area contributed by atoms with Crippen LogP contribution >= 0.6 is 15.9 Å². The molecule has 0 radical (unpaired) electrons. The highest BCUT2D eigenvalue weighted by molar-refractivity contribution is 9.10. The molecular formula is C15H13BrN2. The minimum atomic E-state index is 0.501. The Morgan fingerprint density at radius 1 is 1.00 bits per heavy atom. The lowest BCUT2D eigenvalue weighted by molar-refractivity contribution is 0.948. The summed E-state index contributed by atoms with van der Waals surface area (Å²) in [5, 5.41) is 8.78. The number of benzene rings is 2. The molecule has 0 aliphatic rings. The second-order valence-corrected chi connectivity index (χ2v) is 4.79. The summed E-state index contributed by atoms with van der Waals surface area (Å²) in [5.74, 6) is 0. The number of hydrogen-bond acceptors (Lipinski definition) is 2. The van der Waals surface area contributed by atoms with Crippen molar-refractivity contribution in [3.05, 3.63) is 59.1 Å². The van der Waals surface area contributed by atoms with Gasteiger partial charge >= 0.3 is 0 Å². The molecule has 18 heavy (non-hydrogen) atoms. The van der Waals surface area contributed by atoms with Crippen molar-refractivity contribution in [2.45, 2.75) is 6.42 Å². The zero-order valence-corrected chi connectivity index (χ0v) is 11.5. The van der Waals surface area contributed by atoms with Gasteiger partial charge < -0.3 is 4.90 Å². The normalized spacial score (nSPS) is 9.78. The summed E-state index contributed by atoms with van der Waals surface area (Å²) < 4.78 is 1.04. The molecule has 90 valence electrons. The Morgan fingerprint density at radius 2 is 1.72 bits per heavy atom. The zero-order chi connectivity index (χ0) is 12.8. The molecule has 0 aromatic heterocycles. The molecule has 0 unspecified atom stereocenters. The first-order valence-electron chi connectivity index (χ1n) is 5.76. The largest absolute Gasteiger partial charge is 0.340 e. The fraction of sp³-hybridized carbons (Fsp3) is 0.133. The van der Waals surface area contributed by atoms with E-state index in [4.69, 9.17) is 5.26 Å². The summed E-state index contributed by atoms with van der Waals surface area (Å²) in [6.45, 7) is 0.691. The Hall–Kier alpha value is -1.79. The standard InChI is InChI=1S/C15H13BrN2/c16-13-6-4-9-15(12-13)18(11-5-10-17)14-7-2-1-3-8-14/h1-4,6-9,12H,5,11H2. The van der Waals surface area contributed by atoms with Gasteiger partial charge in [-0.25, -0.2) is 0 Å². The van der Waals surface area contributed by atoms with Crippen LogP contribution in [0.15, 0.2) is 59.1 Å². The van der Waals surface area contributed by atoms with Crippen molar-refractivity contribution in [1.82, 2.24) is 0 Å². The average molecular weight is 301 g/mol. The van der Waals surface area contributed by atoms with Gasteiger partial charge in [-0.1, -0.05) is 40.2 Å². The van der Waals surface area contributed by atoms with Crippen LogP contribution in [0.5, 0.6) is 0 Å². The average Bonchev–Trinajstić information content (AvgIpc) is 2.40. The van der Waals surface area contributed by atoms with Crippen LogP contribution in [-0.4, -0.2) is 6.54 Å². The van der Waals surface area contributed by atoms with Gasteiger partial charge in [-0.3, -0.25) is 0 Å². The van der Waals surface area contributed by atoms with Crippen LogP contribution in [0, 0.1) is 11.3 Å². The maximum absolute atomic E-state index is 8.78. The lowest BCUT2D eigenvalue weighted by Gasteiger charge is -2.24. The van der Waals surface area contributed by atoms with Crippen molar-refractivity contribution >= 4 is 27.3 Å². The fourth-order valence-electron chi connectivity index (χ4n) is 1.82. The smallest absolute Gasteiger partial charge is 0.0640 e. The maximum Gasteiger partial charge on any atom is 0.0640 e. The Kier molecular flexibility index (Phi) is 4.38. The van der Waals surface area contributed by atoms with Gasteiger partial charge in [-0.2, -0.15) is 5.26 Å². The van der Waals surface area contributed by atoms with Crippen LogP contribution in [0.1, 0.15) is 6.42 Å². The van der Waals surface area contributed by atoms with Gasteiger partial charge in [0.2, 0.25) is 0 Å².